The van der Waals surface area contributed by atoms with Gasteiger partial charge < -0.3 is 10.5 Å². The number of carbonyl (C=O) groups excluding carboxylic acids is 2. The quantitative estimate of drug-likeness (QED) is 0.619. The number of aromatic amines is 1. The predicted molar refractivity (Wildman–Crippen MR) is 113 cm³/mol. The first kappa shape index (κ1) is 22.9. The molecule has 2 heterocycles. The number of carbonyl (C=O) groups is 2. The summed E-state index contributed by atoms with van der Waals surface area (Å²) in [5.41, 5.74) is 4.59. The van der Waals surface area contributed by atoms with Crippen molar-refractivity contribution >= 4 is 23.4 Å². The van der Waals surface area contributed by atoms with Crippen molar-refractivity contribution in [3.8, 4) is 0 Å². The molecule has 0 fully saturated rings. The third-order valence-corrected chi connectivity index (χ3v) is 4.37. The minimum absolute atomic E-state index is 0.0366. The molecule has 0 aromatic carbocycles. The molecule has 0 radical (unpaired) electrons. The van der Waals surface area contributed by atoms with Gasteiger partial charge in [0.1, 0.15) is 17.2 Å². The van der Waals surface area contributed by atoms with Gasteiger partial charge in [-0.1, -0.05) is 33.3 Å². The van der Waals surface area contributed by atoms with Crippen LogP contribution in [0.1, 0.15) is 54.6 Å². The van der Waals surface area contributed by atoms with Crippen molar-refractivity contribution in [3.05, 3.63) is 50.4 Å². The molecule has 10 nitrogen and oxygen atoms in total. The van der Waals surface area contributed by atoms with Gasteiger partial charge in [-0.05, 0) is 24.5 Å². The standard InChI is InChI=1S/C20H27N5O5/c1-5-6-10-24(18(27)13-8-7-9-14(22-13)19(28)30-4)15-16(21)25(11-12(2)3)20(29)23-17(15)26/h7-9,12H,5-6,10-11,21H2,1-4H3,(H,23,26,29). The average molecular weight is 417 g/mol. The van der Waals surface area contributed by atoms with E-state index in [1.54, 1.807) is 0 Å². The molecule has 0 unspecified atom stereocenters. The maximum atomic E-state index is 13.3. The molecule has 2 aromatic rings. The van der Waals surface area contributed by atoms with E-state index in [-0.39, 0.29) is 41.9 Å². The zero-order valence-corrected chi connectivity index (χ0v) is 17.6. The number of nitrogens with two attached hydrogens (primary N) is 1. The number of amides is 1. The van der Waals surface area contributed by atoms with E-state index in [1.807, 2.05) is 20.8 Å². The molecule has 0 atom stereocenters. The van der Waals surface area contributed by atoms with Gasteiger partial charge in [0.25, 0.3) is 11.5 Å². The lowest BCUT2D eigenvalue weighted by atomic mass is 10.2. The van der Waals surface area contributed by atoms with Gasteiger partial charge in [0.05, 0.1) is 7.11 Å². The van der Waals surface area contributed by atoms with Crippen LogP contribution in [0.4, 0.5) is 11.5 Å². The van der Waals surface area contributed by atoms with Crippen molar-refractivity contribution in [2.45, 2.75) is 40.2 Å². The molecule has 0 bridgehead atoms. The van der Waals surface area contributed by atoms with Gasteiger partial charge >= 0.3 is 11.7 Å². The molecule has 0 spiro atoms. The number of methoxy groups -OCH3 is 1. The molecular formula is C20H27N5O5. The molecule has 0 aliphatic heterocycles. The zero-order chi connectivity index (χ0) is 22.4. The lowest BCUT2D eigenvalue weighted by molar-refractivity contribution is 0.0594. The van der Waals surface area contributed by atoms with Gasteiger partial charge in [0.2, 0.25) is 0 Å². The van der Waals surface area contributed by atoms with E-state index in [0.29, 0.717) is 6.42 Å². The third kappa shape index (κ3) is 4.94. The van der Waals surface area contributed by atoms with Crippen LogP contribution < -0.4 is 21.9 Å². The Labute approximate surface area is 173 Å². The fourth-order valence-electron chi connectivity index (χ4n) is 2.93. The molecule has 0 saturated heterocycles. The average Bonchev–Trinajstić information content (AvgIpc) is 2.72. The summed E-state index contributed by atoms with van der Waals surface area (Å²) in [7, 11) is 1.21. The van der Waals surface area contributed by atoms with E-state index in [1.165, 1.54) is 34.8 Å². The van der Waals surface area contributed by atoms with Crippen molar-refractivity contribution in [2.75, 3.05) is 24.3 Å². The highest BCUT2D eigenvalue weighted by molar-refractivity contribution is 6.06. The number of hydrogen-bond donors (Lipinski definition) is 2. The zero-order valence-electron chi connectivity index (χ0n) is 17.6. The second-order valence-electron chi connectivity index (χ2n) is 7.21. The van der Waals surface area contributed by atoms with Crippen molar-refractivity contribution in [1.29, 1.82) is 0 Å². The number of hydrogen-bond acceptors (Lipinski definition) is 7. The molecule has 0 saturated carbocycles. The van der Waals surface area contributed by atoms with Crippen LogP contribution in [0, 0.1) is 5.92 Å². The fraction of sp³-hybridized carbons (Fsp3) is 0.450. The molecule has 10 heteroatoms. The minimum atomic E-state index is -0.758. The number of nitrogens with one attached hydrogen (secondary N) is 1. The number of unbranched alkanes of at least 4 members (excludes halogenated alkanes) is 1. The number of esters is 1. The summed E-state index contributed by atoms with van der Waals surface area (Å²) in [5.74, 6) is -1.30. The van der Waals surface area contributed by atoms with Crippen LogP contribution in [0.3, 0.4) is 0 Å². The van der Waals surface area contributed by atoms with E-state index in [9.17, 15) is 19.2 Å². The highest BCUT2D eigenvalue weighted by Crippen LogP contribution is 2.20. The summed E-state index contributed by atoms with van der Waals surface area (Å²) in [4.78, 5) is 57.4. The summed E-state index contributed by atoms with van der Waals surface area (Å²) < 4.78 is 5.89. The monoisotopic (exact) mass is 417 g/mol. The second-order valence-corrected chi connectivity index (χ2v) is 7.21. The Morgan fingerprint density at radius 3 is 2.53 bits per heavy atom. The molecular weight excluding hydrogens is 390 g/mol. The second kappa shape index (κ2) is 9.86. The molecule has 2 rings (SSSR count). The Balaban J connectivity index is 2.61. The summed E-state index contributed by atoms with van der Waals surface area (Å²) >= 11 is 0. The van der Waals surface area contributed by atoms with Crippen LogP contribution in [-0.2, 0) is 11.3 Å². The van der Waals surface area contributed by atoms with E-state index in [4.69, 9.17) is 5.73 Å². The van der Waals surface area contributed by atoms with Crippen molar-refractivity contribution in [3.63, 3.8) is 0 Å². The van der Waals surface area contributed by atoms with Gasteiger partial charge in [-0.2, -0.15) is 0 Å². The largest absolute Gasteiger partial charge is 0.464 e. The Morgan fingerprint density at radius 1 is 1.27 bits per heavy atom. The normalized spacial score (nSPS) is 10.8. The number of H-pyrrole nitrogens is 1. The molecule has 2 aromatic heterocycles. The first-order valence-electron chi connectivity index (χ1n) is 9.71. The van der Waals surface area contributed by atoms with E-state index in [2.05, 4.69) is 14.7 Å². The first-order valence-corrected chi connectivity index (χ1v) is 9.71. The van der Waals surface area contributed by atoms with Crippen molar-refractivity contribution < 1.29 is 14.3 Å². The van der Waals surface area contributed by atoms with Crippen LogP contribution >= 0.6 is 0 Å². The third-order valence-electron chi connectivity index (χ3n) is 4.37. The van der Waals surface area contributed by atoms with Gasteiger partial charge in [-0.15, -0.1) is 0 Å². The minimum Gasteiger partial charge on any atom is -0.464 e. The van der Waals surface area contributed by atoms with E-state index < -0.39 is 23.1 Å². The maximum absolute atomic E-state index is 13.3. The fourth-order valence-corrected chi connectivity index (χ4v) is 2.93. The topological polar surface area (TPSA) is 140 Å². The highest BCUT2D eigenvalue weighted by atomic mass is 16.5. The van der Waals surface area contributed by atoms with Crippen LogP contribution in [0.15, 0.2) is 27.8 Å². The Kier molecular flexibility index (Phi) is 7.51. The summed E-state index contributed by atoms with van der Waals surface area (Å²) in [6.45, 7) is 6.21. The Bertz CT molecular complexity index is 1040. The van der Waals surface area contributed by atoms with Gasteiger partial charge in [0.15, 0.2) is 5.69 Å². The first-order chi connectivity index (χ1) is 14.2. The summed E-state index contributed by atoms with van der Waals surface area (Å²) in [6.07, 6.45) is 1.34. The number of nitrogen functional groups attached to an aromatic ring is 1. The summed E-state index contributed by atoms with van der Waals surface area (Å²) in [5, 5.41) is 0. The molecule has 0 aliphatic rings. The number of anilines is 2. The highest BCUT2D eigenvalue weighted by Gasteiger charge is 2.26. The number of aromatic nitrogens is 3. The van der Waals surface area contributed by atoms with Crippen molar-refractivity contribution in [1.82, 2.24) is 14.5 Å². The Hall–Kier alpha value is -3.43. The van der Waals surface area contributed by atoms with Crippen LogP contribution in [0.25, 0.3) is 0 Å². The molecule has 1 amide bonds. The molecule has 30 heavy (non-hydrogen) atoms. The SMILES string of the molecule is CCCCN(C(=O)c1cccc(C(=O)OC)n1)c1c(N)n(CC(C)C)c(=O)[nH]c1=O. The lowest BCUT2D eigenvalue weighted by Gasteiger charge is -2.24. The van der Waals surface area contributed by atoms with E-state index in [0.717, 1.165) is 6.42 Å². The maximum Gasteiger partial charge on any atom is 0.356 e. The number of rotatable bonds is 8. The number of nitrogens with zero attached hydrogens (tertiary/aromatic N) is 3. The predicted octanol–water partition coefficient (Wildman–Crippen LogP) is 1.40. The van der Waals surface area contributed by atoms with Crippen LogP contribution in [-0.4, -0.2) is 40.1 Å². The van der Waals surface area contributed by atoms with Gasteiger partial charge in [0, 0.05) is 13.1 Å². The lowest BCUT2D eigenvalue weighted by Crippen LogP contribution is -2.42. The summed E-state index contributed by atoms with van der Waals surface area (Å²) in [6, 6.07) is 4.35. The van der Waals surface area contributed by atoms with Crippen LogP contribution in [0.5, 0.6) is 0 Å². The number of pyridine rings is 1. The molecule has 3 N–H and O–H groups in total. The van der Waals surface area contributed by atoms with Crippen molar-refractivity contribution in [2.24, 2.45) is 5.92 Å². The smallest absolute Gasteiger partial charge is 0.356 e. The van der Waals surface area contributed by atoms with Gasteiger partial charge in [-0.3, -0.25) is 24.0 Å². The van der Waals surface area contributed by atoms with Crippen LogP contribution in [0.2, 0.25) is 0 Å². The molecule has 162 valence electrons. The van der Waals surface area contributed by atoms with E-state index >= 15 is 0 Å². The number of ether oxygens (including phenoxy) is 1. The Morgan fingerprint density at radius 2 is 1.93 bits per heavy atom. The molecule has 0 aliphatic carbocycles. The van der Waals surface area contributed by atoms with Gasteiger partial charge in [-0.25, -0.2) is 14.6 Å².